The molecule has 0 unspecified atom stereocenters. The lowest BCUT2D eigenvalue weighted by atomic mass is 10.1. The molecule has 2 nitrogen and oxygen atoms in total. The third-order valence-corrected chi connectivity index (χ3v) is 2.68. The Hall–Kier alpha value is -0.380. The van der Waals surface area contributed by atoms with Gasteiger partial charge in [-0.1, -0.05) is 0 Å². The topological polar surface area (TPSA) is 38.0 Å². The minimum absolute atomic E-state index is 0.119. The Morgan fingerprint density at radius 2 is 2.15 bits per heavy atom. The molecule has 0 spiro atoms. The lowest BCUT2D eigenvalue weighted by Crippen LogP contribution is -2.42. The van der Waals surface area contributed by atoms with Crippen LogP contribution in [0.4, 0.5) is 0 Å². The van der Waals surface area contributed by atoms with Gasteiger partial charge in [0.15, 0.2) is 0 Å². The molecule has 1 aromatic heterocycles. The van der Waals surface area contributed by atoms with Crippen LogP contribution >= 0.6 is 11.3 Å². The first-order chi connectivity index (χ1) is 5.97. The molecule has 74 valence electrons. The van der Waals surface area contributed by atoms with Crippen LogP contribution in [-0.4, -0.2) is 12.1 Å². The van der Waals surface area contributed by atoms with Gasteiger partial charge in [-0.05, 0) is 32.9 Å². The second-order valence-electron chi connectivity index (χ2n) is 4.10. The molecule has 0 aliphatic carbocycles. The monoisotopic (exact) mass is 198 g/mol. The zero-order chi connectivity index (χ0) is 9.90. The molecule has 0 amide bonds. The molecule has 1 heterocycles. The van der Waals surface area contributed by atoms with Crippen molar-refractivity contribution in [2.75, 3.05) is 6.54 Å². The SMILES string of the molecule is Cc1ccc(CNCC(C)(C)N)s1. The standard InChI is InChI=1S/C10H18N2S/c1-8-4-5-9(13-8)6-12-7-10(2,3)11/h4-5,12H,6-7,11H2,1-3H3. The minimum atomic E-state index is -0.119. The zero-order valence-corrected chi connectivity index (χ0v) is 9.37. The van der Waals surface area contributed by atoms with Crippen molar-refractivity contribution in [3.8, 4) is 0 Å². The van der Waals surface area contributed by atoms with E-state index in [2.05, 4.69) is 24.4 Å². The van der Waals surface area contributed by atoms with E-state index < -0.39 is 0 Å². The Bertz CT molecular complexity index is 260. The average molecular weight is 198 g/mol. The Balaban J connectivity index is 2.28. The second kappa shape index (κ2) is 4.22. The summed E-state index contributed by atoms with van der Waals surface area (Å²) >= 11 is 1.83. The van der Waals surface area contributed by atoms with Gasteiger partial charge in [0.2, 0.25) is 0 Å². The van der Waals surface area contributed by atoms with Gasteiger partial charge in [0.05, 0.1) is 0 Å². The van der Waals surface area contributed by atoms with Gasteiger partial charge < -0.3 is 11.1 Å². The average Bonchev–Trinajstić information content (AvgIpc) is 2.33. The number of nitrogens with one attached hydrogen (secondary N) is 1. The molecular formula is C10H18N2S. The van der Waals surface area contributed by atoms with Gasteiger partial charge >= 0.3 is 0 Å². The van der Waals surface area contributed by atoms with E-state index in [1.54, 1.807) is 0 Å². The molecule has 0 aliphatic rings. The third-order valence-electron chi connectivity index (χ3n) is 1.68. The van der Waals surface area contributed by atoms with Crippen molar-refractivity contribution >= 4 is 11.3 Å². The molecule has 1 aromatic rings. The second-order valence-corrected chi connectivity index (χ2v) is 5.48. The molecule has 0 saturated carbocycles. The fourth-order valence-electron chi connectivity index (χ4n) is 1.09. The predicted octanol–water partition coefficient (Wildman–Crippen LogP) is 1.88. The Morgan fingerprint density at radius 1 is 1.46 bits per heavy atom. The van der Waals surface area contributed by atoms with E-state index in [-0.39, 0.29) is 5.54 Å². The van der Waals surface area contributed by atoms with Crippen LogP contribution in [0.5, 0.6) is 0 Å². The third kappa shape index (κ3) is 4.41. The largest absolute Gasteiger partial charge is 0.324 e. The molecule has 3 heteroatoms. The molecule has 0 atom stereocenters. The van der Waals surface area contributed by atoms with Crippen LogP contribution < -0.4 is 11.1 Å². The summed E-state index contributed by atoms with van der Waals surface area (Å²) in [6.07, 6.45) is 0. The number of nitrogens with two attached hydrogens (primary N) is 1. The first kappa shape index (κ1) is 10.7. The molecule has 0 saturated heterocycles. The molecule has 0 bridgehead atoms. The highest BCUT2D eigenvalue weighted by Crippen LogP contribution is 2.14. The van der Waals surface area contributed by atoms with Crippen molar-refractivity contribution < 1.29 is 0 Å². The zero-order valence-electron chi connectivity index (χ0n) is 8.55. The number of thiophene rings is 1. The molecule has 13 heavy (non-hydrogen) atoms. The van der Waals surface area contributed by atoms with Gasteiger partial charge in [-0.15, -0.1) is 11.3 Å². The maximum Gasteiger partial charge on any atom is 0.0300 e. The number of hydrogen-bond acceptors (Lipinski definition) is 3. The lowest BCUT2D eigenvalue weighted by molar-refractivity contribution is 0.468. The smallest absolute Gasteiger partial charge is 0.0300 e. The summed E-state index contributed by atoms with van der Waals surface area (Å²) < 4.78 is 0. The number of hydrogen-bond donors (Lipinski definition) is 2. The van der Waals surface area contributed by atoms with Crippen molar-refractivity contribution in [1.29, 1.82) is 0 Å². The van der Waals surface area contributed by atoms with E-state index >= 15 is 0 Å². The van der Waals surface area contributed by atoms with E-state index in [0.29, 0.717) is 0 Å². The van der Waals surface area contributed by atoms with E-state index in [9.17, 15) is 0 Å². The van der Waals surface area contributed by atoms with Gasteiger partial charge in [-0.3, -0.25) is 0 Å². The van der Waals surface area contributed by atoms with Gasteiger partial charge in [0, 0.05) is 28.4 Å². The fourth-order valence-corrected chi connectivity index (χ4v) is 1.95. The molecule has 0 fully saturated rings. The summed E-state index contributed by atoms with van der Waals surface area (Å²) in [5, 5.41) is 3.34. The summed E-state index contributed by atoms with van der Waals surface area (Å²) in [5.41, 5.74) is 5.73. The van der Waals surface area contributed by atoms with Crippen LogP contribution in [0.1, 0.15) is 23.6 Å². The maximum atomic E-state index is 5.85. The summed E-state index contributed by atoms with van der Waals surface area (Å²) in [5.74, 6) is 0. The Morgan fingerprint density at radius 3 is 2.62 bits per heavy atom. The van der Waals surface area contributed by atoms with Crippen LogP contribution in [0.2, 0.25) is 0 Å². The highest BCUT2D eigenvalue weighted by molar-refractivity contribution is 7.11. The van der Waals surface area contributed by atoms with Crippen molar-refractivity contribution in [1.82, 2.24) is 5.32 Å². The minimum Gasteiger partial charge on any atom is -0.324 e. The molecule has 1 rings (SSSR count). The van der Waals surface area contributed by atoms with Crippen molar-refractivity contribution in [2.45, 2.75) is 32.9 Å². The fraction of sp³-hybridized carbons (Fsp3) is 0.600. The lowest BCUT2D eigenvalue weighted by Gasteiger charge is -2.18. The maximum absolute atomic E-state index is 5.85. The van der Waals surface area contributed by atoms with Crippen LogP contribution in [0, 0.1) is 6.92 Å². The van der Waals surface area contributed by atoms with E-state index in [1.165, 1.54) is 9.75 Å². The van der Waals surface area contributed by atoms with Crippen molar-refractivity contribution in [3.63, 3.8) is 0 Å². The number of aryl methyl sites for hydroxylation is 1. The van der Waals surface area contributed by atoms with Crippen LogP contribution in [0.15, 0.2) is 12.1 Å². The van der Waals surface area contributed by atoms with Crippen LogP contribution in [-0.2, 0) is 6.54 Å². The summed E-state index contributed by atoms with van der Waals surface area (Å²) in [6.45, 7) is 7.96. The summed E-state index contributed by atoms with van der Waals surface area (Å²) in [7, 11) is 0. The molecule has 0 aromatic carbocycles. The van der Waals surface area contributed by atoms with E-state index in [1.807, 2.05) is 25.2 Å². The van der Waals surface area contributed by atoms with Gasteiger partial charge in [0.25, 0.3) is 0 Å². The molecule has 0 aliphatic heterocycles. The van der Waals surface area contributed by atoms with Crippen molar-refractivity contribution in [3.05, 3.63) is 21.9 Å². The van der Waals surface area contributed by atoms with E-state index in [0.717, 1.165) is 13.1 Å². The number of rotatable bonds is 4. The highest BCUT2D eigenvalue weighted by Gasteiger charge is 2.09. The first-order valence-corrected chi connectivity index (χ1v) is 5.34. The van der Waals surface area contributed by atoms with Gasteiger partial charge in [-0.25, -0.2) is 0 Å². The molecular weight excluding hydrogens is 180 g/mol. The Labute approximate surface area is 84.2 Å². The molecule has 3 N–H and O–H groups in total. The van der Waals surface area contributed by atoms with E-state index in [4.69, 9.17) is 5.73 Å². The quantitative estimate of drug-likeness (QED) is 0.775. The predicted molar refractivity (Wildman–Crippen MR) is 59.0 cm³/mol. The summed E-state index contributed by atoms with van der Waals surface area (Å²) in [6, 6.07) is 4.31. The van der Waals surface area contributed by atoms with Crippen LogP contribution in [0.3, 0.4) is 0 Å². The normalized spacial score (nSPS) is 12.0. The van der Waals surface area contributed by atoms with Gasteiger partial charge in [-0.2, -0.15) is 0 Å². The van der Waals surface area contributed by atoms with Gasteiger partial charge in [0.1, 0.15) is 0 Å². The summed E-state index contributed by atoms with van der Waals surface area (Å²) in [4.78, 5) is 2.74. The highest BCUT2D eigenvalue weighted by atomic mass is 32.1. The van der Waals surface area contributed by atoms with Crippen LogP contribution in [0.25, 0.3) is 0 Å². The van der Waals surface area contributed by atoms with Crippen molar-refractivity contribution in [2.24, 2.45) is 5.73 Å². The first-order valence-electron chi connectivity index (χ1n) is 4.52. The Kier molecular flexibility index (Phi) is 3.47. The molecule has 0 radical (unpaired) electrons.